The average molecular weight is 488 g/mol. The Morgan fingerprint density at radius 3 is 2.63 bits per heavy atom. The molecule has 0 unspecified atom stereocenters. The van der Waals surface area contributed by atoms with Crippen LogP contribution in [0.2, 0.25) is 0 Å². The second-order valence-electron chi connectivity index (χ2n) is 6.54. The molecular formula is C21H15BrFN3O3S. The van der Waals surface area contributed by atoms with Crippen LogP contribution in [0.25, 0.3) is 10.2 Å². The number of halogens is 2. The third-order valence-electron chi connectivity index (χ3n) is 4.53. The zero-order valence-electron chi connectivity index (χ0n) is 15.5. The molecular weight excluding hydrogens is 473 g/mol. The van der Waals surface area contributed by atoms with Crippen LogP contribution >= 0.6 is 27.3 Å². The molecule has 0 fully saturated rings. The Morgan fingerprint density at radius 2 is 1.87 bits per heavy atom. The molecule has 1 amide bonds. The number of fused-ring (bicyclic) bond motifs is 1. The SMILES string of the molecule is O=C(Cn1c(=O)n(Cc2ccccc2F)c(=O)c2sccc21)Nc1cccc(Br)c1. The molecule has 0 saturated carbocycles. The topological polar surface area (TPSA) is 73.1 Å². The standard InChI is InChI=1S/C21H15BrFN3O3S/c22-14-5-3-6-15(10-14)24-18(27)12-25-17-8-9-30-19(17)20(28)26(21(25)29)11-13-4-1-2-7-16(13)23/h1-10H,11-12H2,(H,24,27). The number of anilines is 1. The third kappa shape index (κ3) is 3.99. The van der Waals surface area contributed by atoms with E-state index in [-0.39, 0.29) is 18.7 Å². The van der Waals surface area contributed by atoms with Crippen molar-refractivity contribution in [2.24, 2.45) is 0 Å². The van der Waals surface area contributed by atoms with Gasteiger partial charge in [-0.2, -0.15) is 0 Å². The van der Waals surface area contributed by atoms with Crippen molar-refractivity contribution in [3.63, 3.8) is 0 Å². The number of carbonyl (C=O) groups excluding carboxylic acids is 1. The molecule has 6 nitrogen and oxygen atoms in total. The summed E-state index contributed by atoms with van der Waals surface area (Å²) < 4.78 is 17.4. The maximum atomic E-state index is 14.1. The maximum Gasteiger partial charge on any atom is 0.332 e. The second-order valence-corrected chi connectivity index (χ2v) is 8.38. The van der Waals surface area contributed by atoms with E-state index in [1.807, 2.05) is 6.07 Å². The second kappa shape index (κ2) is 8.37. The minimum absolute atomic E-state index is 0.217. The summed E-state index contributed by atoms with van der Waals surface area (Å²) in [6.07, 6.45) is 0. The number of nitrogens with zero attached hydrogens (tertiary/aromatic N) is 2. The average Bonchev–Trinajstić information content (AvgIpc) is 3.20. The van der Waals surface area contributed by atoms with E-state index in [4.69, 9.17) is 0 Å². The molecule has 0 aliphatic rings. The van der Waals surface area contributed by atoms with Gasteiger partial charge in [0.15, 0.2) is 0 Å². The van der Waals surface area contributed by atoms with Crippen LogP contribution in [-0.2, 0) is 17.9 Å². The van der Waals surface area contributed by atoms with Crippen molar-refractivity contribution in [1.29, 1.82) is 0 Å². The molecule has 2 heterocycles. The summed E-state index contributed by atoms with van der Waals surface area (Å²) in [4.78, 5) is 38.5. The van der Waals surface area contributed by atoms with E-state index in [0.717, 1.165) is 9.04 Å². The lowest BCUT2D eigenvalue weighted by atomic mass is 10.2. The Bertz CT molecular complexity index is 1380. The van der Waals surface area contributed by atoms with E-state index in [1.165, 1.54) is 34.1 Å². The molecule has 2 aromatic heterocycles. The summed E-state index contributed by atoms with van der Waals surface area (Å²) in [7, 11) is 0. The Morgan fingerprint density at radius 1 is 1.07 bits per heavy atom. The molecule has 4 rings (SSSR count). The highest BCUT2D eigenvalue weighted by atomic mass is 79.9. The van der Waals surface area contributed by atoms with E-state index in [0.29, 0.717) is 15.9 Å². The fourth-order valence-corrected chi connectivity index (χ4v) is 4.38. The van der Waals surface area contributed by atoms with Gasteiger partial charge in [-0.15, -0.1) is 11.3 Å². The fraction of sp³-hybridized carbons (Fsp3) is 0.0952. The number of hydrogen-bond donors (Lipinski definition) is 1. The van der Waals surface area contributed by atoms with Crippen LogP contribution in [0.5, 0.6) is 0 Å². The summed E-state index contributed by atoms with van der Waals surface area (Å²) in [6, 6.07) is 14.7. The highest BCUT2D eigenvalue weighted by Gasteiger charge is 2.17. The first kappa shape index (κ1) is 20.2. The number of hydrogen-bond acceptors (Lipinski definition) is 4. The van der Waals surface area contributed by atoms with Gasteiger partial charge in [-0.1, -0.05) is 40.2 Å². The molecule has 0 aliphatic heterocycles. The predicted molar refractivity (Wildman–Crippen MR) is 119 cm³/mol. The number of carbonyl (C=O) groups is 1. The lowest BCUT2D eigenvalue weighted by molar-refractivity contribution is -0.116. The summed E-state index contributed by atoms with van der Waals surface area (Å²) in [5.74, 6) is -0.923. The Balaban J connectivity index is 1.73. The highest BCUT2D eigenvalue weighted by Crippen LogP contribution is 2.18. The number of rotatable bonds is 5. The van der Waals surface area contributed by atoms with Crippen LogP contribution in [0.15, 0.2) is 74.0 Å². The van der Waals surface area contributed by atoms with Gasteiger partial charge < -0.3 is 5.32 Å². The van der Waals surface area contributed by atoms with Crippen molar-refractivity contribution in [1.82, 2.24) is 9.13 Å². The molecule has 0 radical (unpaired) electrons. The summed E-state index contributed by atoms with van der Waals surface area (Å²) in [5, 5.41) is 4.42. The molecule has 152 valence electrons. The summed E-state index contributed by atoms with van der Waals surface area (Å²) in [5.41, 5.74) is 0.000954. The molecule has 2 aromatic carbocycles. The lowest BCUT2D eigenvalue weighted by Gasteiger charge is -2.13. The van der Waals surface area contributed by atoms with Crippen molar-refractivity contribution in [2.75, 3.05) is 5.32 Å². The van der Waals surface area contributed by atoms with Gasteiger partial charge in [0.2, 0.25) is 5.91 Å². The van der Waals surface area contributed by atoms with Crippen molar-refractivity contribution in [3.8, 4) is 0 Å². The summed E-state index contributed by atoms with van der Waals surface area (Å²) >= 11 is 4.51. The molecule has 1 N–H and O–H groups in total. The summed E-state index contributed by atoms with van der Waals surface area (Å²) in [6.45, 7) is -0.498. The van der Waals surface area contributed by atoms with Crippen LogP contribution in [0.3, 0.4) is 0 Å². The third-order valence-corrected chi connectivity index (χ3v) is 5.92. The first-order valence-electron chi connectivity index (χ1n) is 8.93. The van der Waals surface area contributed by atoms with E-state index in [9.17, 15) is 18.8 Å². The van der Waals surface area contributed by atoms with E-state index in [1.54, 1.807) is 35.7 Å². The molecule has 9 heteroatoms. The molecule has 4 aromatic rings. The first-order valence-corrected chi connectivity index (χ1v) is 10.6. The number of nitrogens with one attached hydrogen (secondary N) is 1. The van der Waals surface area contributed by atoms with Crippen LogP contribution in [0, 0.1) is 5.82 Å². The largest absolute Gasteiger partial charge is 0.332 e. The van der Waals surface area contributed by atoms with Crippen molar-refractivity contribution in [2.45, 2.75) is 13.1 Å². The molecule has 0 aliphatic carbocycles. The van der Waals surface area contributed by atoms with Gasteiger partial charge in [-0.05, 0) is 35.7 Å². The van der Waals surface area contributed by atoms with Gasteiger partial charge in [0, 0.05) is 15.7 Å². The van der Waals surface area contributed by atoms with Crippen LogP contribution in [0.1, 0.15) is 5.56 Å². The molecule has 30 heavy (non-hydrogen) atoms. The van der Waals surface area contributed by atoms with Crippen molar-refractivity contribution < 1.29 is 9.18 Å². The van der Waals surface area contributed by atoms with E-state index in [2.05, 4.69) is 21.2 Å². The molecule has 0 saturated heterocycles. The van der Waals surface area contributed by atoms with Crippen molar-refractivity contribution in [3.05, 3.63) is 96.7 Å². The number of aromatic nitrogens is 2. The first-order chi connectivity index (χ1) is 14.4. The highest BCUT2D eigenvalue weighted by molar-refractivity contribution is 9.10. The zero-order valence-corrected chi connectivity index (χ0v) is 17.9. The van der Waals surface area contributed by atoms with Gasteiger partial charge in [-0.3, -0.25) is 18.7 Å². The van der Waals surface area contributed by atoms with Crippen molar-refractivity contribution >= 4 is 49.1 Å². The van der Waals surface area contributed by atoms with Gasteiger partial charge in [0.1, 0.15) is 17.1 Å². The van der Waals surface area contributed by atoms with Gasteiger partial charge in [0.25, 0.3) is 5.56 Å². The zero-order chi connectivity index (χ0) is 21.3. The number of benzene rings is 2. The fourth-order valence-electron chi connectivity index (χ4n) is 3.13. The number of amides is 1. The van der Waals surface area contributed by atoms with Gasteiger partial charge in [-0.25, -0.2) is 9.18 Å². The molecule has 0 bridgehead atoms. The quantitative estimate of drug-likeness (QED) is 0.465. The minimum atomic E-state index is -0.668. The van der Waals surface area contributed by atoms with Crippen LogP contribution in [0.4, 0.5) is 10.1 Å². The van der Waals surface area contributed by atoms with E-state index < -0.39 is 23.0 Å². The molecule has 0 atom stereocenters. The Labute approximate surface area is 182 Å². The minimum Gasteiger partial charge on any atom is -0.324 e. The van der Waals surface area contributed by atoms with Crippen LogP contribution in [-0.4, -0.2) is 15.0 Å². The maximum absolute atomic E-state index is 14.1. The van der Waals surface area contributed by atoms with Gasteiger partial charge in [0.05, 0.1) is 12.1 Å². The number of thiophene rings is 1. The molecule has 0 spiro atoms. The Kier molecular flexibility index (Phi) is 5.65. The monoisotopic (exact) mass is 487 g/mol. The normalized spacial score (nSPS) is 11.0. The van der Waals surface area contributed by atoms with E-state index >= 15 is 0 Å². The smallest absolute Gasteiger partial charge is 0.324 e. The van der Waals surface area contributed by atoms with Crippen LogP contribution < -0.4 is 16.6 Å². The Hall–Kier alpha value is -3.04. The lowest BCUT2D eigenvalue weighted by Crippen LogP contribution is -2.41. The predicted octanol–water partition coefficient (Wildman–Crippen LogP) is 3.81. The van der Waals surface area contributed by atoms with Gasteiger partial charge >= 0.3 is 5.69 Å².